The fourth-order valence-corrected chi connectivity index (χ4v) is 4.52. The molecule has 0 atom stereocenters. The third-order valence-electron chi connectivity index (χ3n) is 6.42. The Hall–Kier alpha value is -5.23. The van der Waals surface area contributed by atoms with Crippen molar-refractivity contribution in [2.24, 2.45) is 4.99 Å². The maximum Gasteiger partial charge on any atom is 0.338 e. The van der Waals surface area contributed by atoms with E-state index in [0.717, 1.165) is 33.8 Å². The van der Waals surface area contributed by atoms with Crippen molar-refractivity contribution >= 4 is 23.8 Å². The van der Waals surface area contributed by atoms with E-state index in [-0.39, 0.29) is 11.9 Å². The number of carbonyl (C=O) groups excluding carboxylic acids is 2. The molecule has 0 N–H and O–H groups in total. The van der Waals surface area contributed by atoms with Gasteiger partial charge in [-0.05, 0) is 72.6 Å². The van der Waals surface area contributed by atoms with Crippen LogP contribution in [0.4, 0.5) is 5.69 Å². The van der Waals surface area contributed by atoms with Crippen molar-refractivity contribution in [3.8, 4) is 28.2 Å². The first kappa shape index (κ1) is 26.4. The molecular formula is C34H28N2O4. The summed E-state index contributed by atoms with van der Waals surface area (Å²) in [5, 5.41) is 0. The highest BCUT2D eigenvalue weighted by Gasteiger charge is 2.19. The Balaban J connectivity index is 1.66. The fraction of sp³-hybridized carbons (Fsp3) is 0.0882. The van der Waals surface area contributed by atoms with E-state index in [1.807, 2.05) is 54.7 Å². The van der Waals surface area contributed by atoms with Crippen LogP contribution in [0.15, 0.2) is 120 Å². The smallest absolute Gasteiger partial charge is 0.338 e. The molecular weight excluding hydrogens is 500 g/mol. The number of carbonyl (C=O) groups is 2. The molecule has 1 aromatic heterocycles. The lowest BCUT2D eigenvalue weighted by atomic mass is 10.1. The highest BCUT2D eigenvalue weighted by atomic mass is 16.5. The SMILES string of the molecule is CCOC(=O)c1ccc(-n2c(-c3ccccc3)cc(C=Nc3ccc(C(=O)OC)cc3)c2-c2ccccc2)cc1. The number of esters is 2. The summed E-state index contributed by atoms with van der Waals surface area (Å²) in [5.41, 5.74) is 7.47. The lowest BCUT2D eigenvalue weighted by molar-refractivity contribution is 0.0525. The van der Waals surface area contributed by atoms with Crippen LogP contribution in [0.2, 0.25) is 0 Å². The molecule has 6 heteroatoms. The molecule has 0 saturated carbocycles. The first-order valence-corrected chi connectivity index (χ1v) is 13.0. The minimum absolute atomic E-state index is 0.322. The van der Waals surface area contributed by atoms with Gasteiger partial charge in [-0.2, -0.15) is 0 Å². The van der Waals surface area contributed by atoms with Crippen LogP contribution in [-0.2, 0) is 9.47 Å². The summed E-state index contributed by atoms with van der Waals surface area (Å²) in [5.74, 6) is -0.736. The second-order valence-corrected chi connectivity index (χ2v) is 8.96. The third-order valence-corrected chi connectivity index (χ3v) is 6.42. The Labute approximate surface area is 233 Å². The second kappa shape index (κ2) is 12.1. The molecule has 0 aliphatic rings. The van der Waals surface area contributed by atoms with E-state index in [1.165, 1.54) is 7.11 Å². The topological polar surface area (TPSA) is 69.9 Å². The molecule has 0 bridgehead atoms. The maximum absolute atomic E-state index is 12.3. The molecule has 0 spiro atoms. The minimum Gasteiger partial charge on any atom is -0.465 e. The zero-order valence-electron chi connectivity index (χ0n) is 22.3. The molecule has 4 aromatic carbocycles. The molecule has 0 amide bonds. The standard InChI is InChI=1S/C34H28N2O4/c1-3-40-34(38)27-16-20-30(21-17-27)36-31(24-10-6-4-7-11-24)22-28(32(36)25-12-8-5-9-13-25)23-35-29-18-14-26(15-19-29)33(37)39-2/h4-23H,3H2,1-2H3. The Kier molecular flexibility index (Phi) is 7.97. The largest absolute Gasteiger partial charge is 0.465 e. The summed E-state index contributed by atoms with van der Waals surface area (Å²) < 4.78 is 12.2. The summed E-state index contributed by atoms with van der Waals surface area (Å²) in [7, 11) is 1.36. The Morgan fingerprint density at radius 1 is 0.750 bits per heavy atom. The van der Waals surface area contributed by atoms with Gasteiger partial charge in [0.05, 0.1) is 41.9 Å². The number of nitrogens with zero attached hydrogens (tertiary/aromatic N) is 2. The van der Waals surface area contributed by atoms with Gasteiger partial charge in [-0.3, -0.25) is 4.99 Å². The van der Waals surface area contributed by atoms with Crippen molar-refractivity contribution in [2.45, 2.75) is 6.92 Å². The van der Waals surface area contributed by atoms with Crippen LogP contribution in [0.25, 0.3) is 28.2 Å². The predicted molar refractivity (Wildman–Crippen MR) is 158 cm³/mol. The molecule has 0 fully saturated rings. The van der Waals surface area contributed by atoms with Gasteiger partial charge in [0.2, 0.25) is 0 Å². The first-order chi connectivity index (χ1) is 19.6. The normalized spacial score (nSPS) is 10.9. The number of rotatable bonds is 8. The summed E-state index contributed by atoms with van der Waals surface area (Å²) in [4.78, 5) is 28.9. The van der Waals surface area contributed by atoms with Gasteiger partial charge in [-0.25, -0.2) is 9.59 Å². The third kappa shape index (κ3) is 5.61. The van der Waals surface area contributed by atoms with Crippen LogP contribution in [0.3, 0.4) is 0 Å². The average Bonchev–Trinajstić information content (AvgIpc) is 3.40. The van der Waals surface area contributed by atoms with Crippen molar-refractivity contribution in [3.05, 3.63) is 132 Å². The number of aromatic nitrogens is 1. The zero-order chi connectivity index (χ0) is 27.9. The monoisotopic (exact) mass is 528 g/mol. The van der Waals surface area contributed by atoms with E-state index >= 15 is 0 Å². The van der Waals surface area contributed by atoms with Crippen molar-refractivity contribution in [1.29, 1.82) is 0 Å². The number of ether oxygens (including phenoxy) is 2. The van der Waals surface area contributed by atoms with Crippen LogP contribution >= 0.6 is 0 Å². The van der Waals surface area contributed by atoms with Gasteiger partial charge < -0.3 is 14.0 Å². The highest BCUT2D eigenvalue weighted by molar-refractivity contribution is 5.95. The summed E-state index contributed by atoms with van der Waals surface area (Å²) in [6.07, 6.45) is 1.84. The molecule has 40 heavy (non-hydrogen) atoms. The quantitative estimate of drug-likeness (QED) is 0.154. The Morgan fingerprint density at radius 3 is 1.93 bits per heavy atom. The van der Waals surface area contributed by atoms with Gasteiger partial charge >= 0.3 is 11.9 Å². The van der Waals surface area contributed by atoms with Crippen LogP contribution in [0.5, 0.6) is 0 Å². The molecule has 1 heterocycles. The lowest BCUT2D eigenvalue weighted by Crippen LogP contribution is -2.05. The zero-order valence-corrected chi connectivity index (χ0v) is 22.3. The van der Waals surface area contributed by atoms with Crippen molar-refractivity contribution in [3.63, 3.8) is 0 Å². The van der Waals surface area contributed by atoms with E-state index in [9.17, 15) is 9.59 Å². The van der Waals surface area contributed by atoms with Gasteiger partial charge in [-0.1, -0.05) is 60.7 Å². The molecule has 0 saturated heterocycles. The number of hydrogen-bond acceptors (Lipinski definition) is 5. The molecule has 198 valence electrons. The van der Waals surface area contributed by atoms with Crippen LogP contribution < -0.4 is 0 Å². The molecule has 0 radical (unpaired) electrons. The number of aliphatic imine (C=N–C) groups is 1. The van der Waals surface area contributed by atoms with Crippen LogP contribution in [-0.4, -0.2) is 36.4 Å². The van der Waals surface area contributed by atoms with Crippen LogP contribution in [0.1, 0.15) is 33.2 Å². The van der Waals surface area contributed by atoms with E-state index in [2.05, 4.69) is 34.9 Å². The predicted octanol–water partition coefficient (Wildman–Crippen LogP) is 7.53. The summed E-state index contributed by atoms with van der Waals surface area (Å²) in [6, 6.07) is 36.8. The first-order valence-electron chi connectivity index (χ1n) is 13.0. The average molecular weight is 529 g/mol. The molecule has 0 unspecified atom stereocenters. The number of benzene rings is 4. The Bertz CT molecular complexity index is 1640. The molecule has 5 aromatic rings. The fourth-order valence-electron chi connectivity index (χ4n) is 4.52. The summed E-state index contributed by atoms with van der Waals surface area (Å²) in [6.45, 7) is 2.11. The molecule has 6 nitrogen and oxygen atoms in total. The van der Waals surface area contributed by atoms with Crippen molar-refractivity contribution in [1.82, 2.24) is 4.57 Å². The number of methoxy groups -OCH3 is 1. The molecule has 5 rings (SSSR count). The summed E-state index contributed by atoms with van der Waals surface area (Å²) >= 11 is 0. The van der Waals surface area contributed by atoms with Crippen molar-refractivity contribution < 1.29 is 19.1 Å². The van der Waals surface area contributed by atoms with Gasteiger partial charge in [-0.15, -0.1) is 0 Å². The molecule has 0 aliphatic carbocycles. The maximum atomic E-state index is 12.3. The van der Waals surface area contributed by atoms with Gasteiger partial charge in [0, 0.05) is 17.5 Å². The highest BCUT2D eigenvalue weighted by Crippen LogP contribution is 2.35. The second-order valence-electron chi connectivity index (χ2n) is 8.96. The van der Waals surface area contributed by atoms with Crippen LogP contribution in [0, 0.1) is 0 Å². The number of hydrogen-bond donors (Lipinski definition) is 0. The van der Waals surface area contributed by atoms with Gasteiger partial charge in [0.25, 0.3) is 0 Å². The van der Waals surface area contributed by atoms with E-state index in [1.54, 1.807) is 43.3 Å². The van der Waals surface area contributed by atoms with Crippen molar-refractivity contribution in [2.75, 3.05) is 13.7 Å². The van der Waals surface area contributed by atoms with E-state index in [4.69, 9.17) is 14.5 Å². The lowest BCUT2D eigenvalue weighted by Gasteiger charge is -2.15. The molecule has 0 aliphatic heterocycles. The van der Waals surface area contributed by atoms with E-state index in [0.29, 0.717) is 23.4 Å². The minimum atomic E-state index is -0.388. The Morgan fingerprint density at radius 2 is 1.32 bits per heavy atom. The van der Waals surface area contributed by atoms with E-state index < -0.39 is 0 Å². The van der Waals surface area contributed by atoms with Gasteiger partial charge in [0.15, 0.2) is 0 Å². The van der Waals surface area contributed by atoms with Gasteiger partial charge in [0.1, 0.15) is 0 Å².